The molecule has 70 heavy (non-hydrogen) atoms. The third kappa shape index (κ3) is 58.2. The molecule has 0 aromatic rings. The Bertz CT molecular complexity index is 1200. The average Bonchev–Trinajstić information content (AvgIpc) is 3.36. The smallest absolute Gasteiger partial charge is 0.306 e. The van der Waals surface area contributed by atoms with Crippen molar-refractivity contribution in [2.75, 3.05) is 13.2 Å². The molecule has 1 unspecified atom stereocenters. The lowest BCUT2D eigenvalue weighted by molar-refractivity contribution is -0.161. The highest BCUT2D eigenvalue weighted by molar-refractivity contribution is 5.70. The minimum Gasteiger partial charge on any atom is -0.462 e. The van der Waals surface area contributed by atoms with E-state index in [0.717, 1.165) is 77.0 Å². The van der Waals surface area contributed by atoms with Crippen molar-refractivity contribution in [3.8, 4) is 0 Å². The van der Waals surface area contributed by atoms with Gasteiger partial charge in [-0.2, -0.15) is 0 Å². The number of rotatable bonds is 57. The summed E-state index contributed by atoms with van der Waals surface area (Å²) in [6, 6.07) is 0. The van der Waals surface area contributed by atoms with Crippen molar-refractivity contribution in [1.82, 2.24) is 0 Å². The lowest BCUT2D eigenvalue weighted by atomic mass is 10.0. The van der Waals surface area contributed by atoms with Gasteiger partial charge in [0, 0.05) is 12.8 Å². The highest BCUT2D eigenvalue weighted by Crippen LogP contribution is 2.18. The number of hydrogen-bond donors (Lipinski definition) is 1. The molecular formula is C65H118O5. The molecule has 1 atom stereocenters. The van der Waals surface area contributed by atoms with Gasteiger partial charge in [0.2, 0.25) is 0 Å². The molecule has 0 aliphatic heterocycles. The molecule has 0 radical (unpaired) electrons. The van der Waals surface area contributed by atoms with Crippen LogP contribution in [0.1, 0.15) is 322 Å². The molecule has 408 valence electrons. The fourth-order valence-electron chi connectivity index (χ4n) is 9.23. The van der Waals surface area contributed by atoms with Crippen LogP contribution in [0, 0.1) is 0 Å². The number of allylic oxidation sites excluding steroid dienone is 10. The third-order valence-electron chi connectivity index (χ3n) is 13.8. The van der Waals surface area contributed by atoms with Crippen LogP contribution in [0.2, 0.25) is 0 Å². The molecule has 5 heteroatoms. The van der Waals surface area contributed by atoms with Crippen LogP contribution in [0.3, 0.4) is 0 Å². The number of aliphatic hydroxyl groups excluding tert-OH is 1. The molecule has 0 aromatic heterocycles. The van der Waals surface area contributed by atoms with Crippen molar-refractivity contribution in [1.29, 1.82) is 0 Å². The molecule has 0 aliphatic carbocycles. The summed E-state index contributed by atoms with van der Waals surface area (Å²) in [6.45, 7) is 4.06. The van der Waals surface area contributed by atoms with Gasteiger partial charge in [0.1, 0.15) is 6.61 Å². The van der Waals surface area contributed by atoms with Gasteiger partial charge in [-0.15, -0.1) is 0 Å². The first kappa shape index (κ1) is 67.6. The second-order valence-electron chi connectivity index (χ2n) is 20.8. The second-order valence-corrected chi connectivity index (χ2v) is 20.8. The normalized spacial score (nSPS) is 12.6. The summed E-state index contributed by atoms with van der Waals surface area (Å²) in [5.41, 5.74) is 0. The highest BCUT2D eigenvalue weighted by atomic mass is 16.6. The van der Waals surface area contributed by atoms with E-state index in [1.165, 1.54) is 218 Å². The van der Waals surface area contributed by atoms with Crippen LogP contribution >= 0.6 is 0 Å². The Hall–Kier alpha value is -2.40. The monoisotopic (exact) mass is 979 g/mol. The van der Waals surface area contributed by atoms with E-state index in [1.54, 1.807) is 0 Å². The summed E-state index contributed by atoms with van der Waals surface area (Å²) in [4.78, 5) is 24.6. The molecule has 5 nitrogen and oxygen atoms in total. The summed E-state index contributed by atoms with van der Waals surface area (Å²) in [5.74, 6) is -0.591. The van der Waals surface area contributed by atoms with Crippen molar-refractivity contribution in [2.45, 2.75) is 328 Å². The van der Waals surface area contributed by atoms with Gasteiger partial charge < -0.3 is 14.6 Å². The third-order valence-corrected chi connectivity index (χ3v) is 13.8. The van der Waals surface area contributed by atoms with Gasteiger partial charge in [-0.1, -0.05) is 312 Å². The second kappa shape index (κ2) is 60.9. The molecule has 0 saturated heterocycles. The van der Waals surface area contributed by atoms with Gasteiger partial charge in [-0.25, -0.2) is 0 Å². The van der Waals surface area contributed by atoms with Crippen LogP contribution in [0.25, 0.3) is 0 Å². The molecule has 0 heterocycles. The van der Waals surface area contributed by atoms with Gasteiger partial charge in [-0.3, -0.25) is 9.59 Å². The lowest BCUT2D eigenvalue weighted by Crippen LogP contribution is -2.28. The van der Waals surface area contributed by atoms with Gasteiger partial charge in [0.15, 0.2) is 6.10 Å². The van der Waals surface area contributed by atoms with Crippen LogP contribution in [-0.4, -0.2) is 36.4 Å². The van der Waals surface area contributed by atoms with Crippen LogP contribution in [-0.2, 0) is 19.1 Å². The molecule has 0 bridgehead atoms. The molecule has 0 rings (SSSR count). The van der Waals surface area contributed by atoms with Crippen LogP contribution in [0.4, 0.5) is 0 Å². The zero-order chi connectivity index (χ0) is 50.6. The van der Waals surface area contributed by atoms with Crippen molar-refractivity contribution in [3.05, 3.63) is 60.8 Å². The largest absolute Gasteiger partial charge is 0.462 e. The first-order chi connectivity index (χ1) is 34.6. The first-order valence-corrected chi connectivity index (χ1v) is 30.8. The van der Waals surface area contributed by atoms with Crippen molar-refractivity contribution >= 4 is 11.9 Å². The maximum absolute atomic E-state index is 12.3. The van der Waals surface area contributed by atoms with E-state index in [1.807, 2.05) is 0 Å². The maximum atomic E-state index is 12.3. The van der Waals surface area contributed by atoms with Crippen molar-refractivity contribution in [2.24, 2.45) is 0 Å². The topological polar surface area (TPSA) is 72.8 Å². The fourth-order valence-corrected chi connectivity index (χ4v) is 9.23. The summed E-state index contributed by atoms with van der Waals surface area (Å²) in [6.07, 6.45) is 82.3. The summed E-state index contributed by atoms with van der Waals surface area (Å²) < 4.78 is 10.7. The minimum atomic E-state index is -0.780. The number of unbranched alkanes of at least 4 members (excludes halogenated alkanes) is 39. The van der Waals surface area contributed by atoms with Gasteiger partial charge in [0.05, 0.1) is 6.61 Å². The number of carbonyl (C=O) groups is 2. The molecule has 0 aromatic carbocycles. The van der Waals surface area contributed by atoms with E-state index in [2.05, 4.69) is 74.6 Å². The lowest BCUT2D eigenvalue weighted by Gasteiger charge is -2.15. The number of hydrogen-bond acceptors (Lipinski definition) is 5. The van der Waals surface area contributed by atoms with Crippen molar-refractivity contribution in [3.63, 3.8) is 0 Å². The molecule has 0 saturated carbocycles. The fraction of sp³-hybridized carbons (Fsp3) is 0.815. The van der Waals surface area contributed by atoms with Crippen LogP contribution in [0.15, 0.2) is 60.8 Å². The van der Waals surface area contributed by atoms with Gasteiger partial charge in [-0.05, 0) is 57.8 Å². The average molecular weight is 980 g/mol. The van der Waals surface area contributed by atoms with E-state index < -0.39 is 6.10 Å². The zero-order valence-corrected chi connectivity index (χ0v) is 46.8. The zero-order valence-electron chi connectivity index (χ0n) is 46.8. The van der Waals surface area contributed by atoms with E-state index >= 15 is 0 Å². The summed E-state index contributed by atoms with van der Waals surface area (Å²) in [5, 5.41) is 9.66. The molecule has 1 N–H and O–H groups in total. The van der Waals surface area contributed by atoms with Crippen molar-refractivity contribution < 1.29 is 24.2 Å². The molecule has 0 spiro atoms. The predicted octanol–water partition coefficient (Wildman–Crippen LogP) is 21.0. The van der Waals surface area contributed by atoms with E-state index in [9.17, 15) is 14.7 Å². The Morgan fingerprint density at radius 1 is 0.343 bits per heavy atom. The number of carbonyl (C=O) groups excluding carboxylic acids is 2. The Morgan fingerprint density at radius 2 is 0.614 bits per heavy atom. The highest BCUT2D eigenvalue weighted by Gasteiger charge is 2.16. The van der Waals surface area contributed by atoms with Gasteiger partial charge in [0.25, 0.3) is 0 Å². The Labute approximate surface area is 436 Å². The first-order valence-electron chi connectivity index (χ1n) is 30.8. The number of ether oxygens (including phenoxy) is 2. The summed E-state index contributed by atoms with van der Waals surface area (Å²) in [7, 11) is 0. The van der Waals surface area contributed by atoms with Crippen LogP contribution in [0.5, 0.6) is 0 Å². The standard InChI is InChI=1S/C65H118O5/c1-3-5-7-9-11-13-15-17-19-21-23-25-27-28-29-30-31-32-33-34-35-36-38-39-41-43-45-47-49-51-53-55-57-59-64(67)69-62-63(61-66)70-65(68)60-58-56-54-52-50-48-46-44-42-40-37-26-24-22-20-18-16-14-12-10-8-6-4-2/h6,8,12,14,18,20,24,26,40,42,63,66H,3-5,7,9-11,13,15-17,19,21-23,25,27-39,41,43-62H2,1-2H3/b8-6-,14-12-,20-18-,26-24-,42-40-. The van der Waals surface area contributed by atoms with E-state index in [-0.39, 0.29) is 25.2 Å². The molecular weight excluding hydrogens is 861 g/mol. The van der Waals surface area contributed by atoms with Gasteiger partial charge >= 0.3 is 11.9 Å². The predicted molar refractivity (Wildman–Crippen MR) is 307 cm³/mol. The van der Waals surface area contributed by atoms with E-state index in [0.29, 0.717) is 12.8 Å². The Morgan fingerprint density at radius 3 is 0.929 bits per heavy atom. The molecule has 0 fully saturated rings. The summed E-state index contributed by atoms with van der Waals surface area (Å²) >= 11 is 0. The molecule has 0 aliphatic rings. The molecule has 0 amide bonds. The van der Waals surface area contributed by atoms with Crippen LogP contribution < -0.4 is 0 Å². The minimum absolute atomic E-state index is 0.0691. The number of esters is 2. The number of aliphatic hydroxyl groups is 1. The SMILES string of the molecule is CC/C=C\C/C=C\C/C=C\C/C=C\C/C=C\CCCCCCCCCC(=O)OC(CO)COC(=O)CCCCCCCCCCCCCCCCCCCCCCCCCCCCCCCCCCC. The Kier molecular flexibility index (Phi) is 58.8. The Balaban J connectivity index is 3.43. The quantitative estimate of drug-likeness (QED) is 0.0373. The van der Waals surface area contributed by atoms with E-state index in [4.69, 9.17) is 9.47 Å². The maximum Gasteiger partial charge on any atom is 0.306 e.